The van der Waals surface area contributed by atoms with Crippen molar-refractivity contribution in [3.8, 4) is 0 Å². The highest BCUT2D eigenvalue weighted by atomic mass is 16.5. The number of carbonyl (C=O) groups is 1. The van der Waals surface area contributed by atoms with Crippen LogP contribution in [0, 0.1) is 0 Å². The lowest BCUT2D eigenvalue weighted by atomic mass is 9.94. The summed E-state index contributed by atoms with van der Waals surface area (Å²) in [5.41, 5.74) is 1.07. The van der Waals surface area contributed by atoms with Gasteiger partial charge in [-0.15, -0.1) is 0 Å². The van der Waals surface area contributed by atoms with E-state index >= 15 is 0 Å². The molecule has 0 aliphatic rings. The van der Waals surface area contributed by atoms with E-state index in [2.05, 4.69) is 54.6 Å². The second-order valence-electron chi connectivity index (χ2n) is 5.74. The topological polar surface area (TPSA) is 26.3 Å². The van der Waals surface area contributed by atoms with Crippen LogP contribution in [0.15, 0.2) is 66.7 Å². The second-order valence-corrected chi connectivity index (χ2v) is 5.74. The quantitative estimate of drug-likeness (QED) is 0.288. The average molecular weight is 300 g/mol. The van der Waals surface area contributed by atoms with Gasteiger partial charge in [0.25, 0.3) is 0 Å². The zero-order valence-electron chi connectivity index (χ0n) is 12.9. The molecule has 0 spiro atoms. The maximum absolute atomic E-state index is 11.3. The van der Waals surface area contributed by atoms with Crippen LogP contribution in [0.2, 0.25) is 0 Å². The largest absolute Gasteiger partial charge is 0.461 e. The van der Waals surface area contributed by atoms with Gasteiger partial charge >= 0.3 is 5.97 Å². The fourth-order valence-corrected chi connectivity index (χ4v) is 3.24. The van der Waals surface area contributed by atoms with Crippen molar-refractivity contribution in [2.75, 3.05) is 0 Å². The third-order valence-corrected chi connectivity index (χ3v) is 4.30. The highest BCUT2D eigenvalue weighted by Crippen LogP contribution is 2.33. The molecule has 2 heteroatoms. The van der Waals surface area contributed by atoms with Crippen molar-refractivity contribution < 1.29 is 9.53 Å². The maximum atomic E-state index is 11.3. The van der Waals surface area contributed by atoms with Crippen molar-refractivity contribution in [2.24, 2.45) is 0 Å². The molecule has 0 aliphatic heterocycles. The summed E-state index contributed by atoms with van der Waals surface area (Å²) < 4.78 is 5.32. The molecular formula is C21H16O2. The van der Waals surface area contributed by atoms with E-state index < -0.39 is 0 Å². The molecule has 0 aliphatic carbocycles. The Kier molecular flexibility index (Phi) is 3.23. The highest BCUT2D eigenvalue weighted by Gasteiger charge is 2.11. The lowest BCUT2D eigenvalue weighted by molar-refractivity contribution is -0.142. The summed E-state index contributed by atoms with van der Waals surface area (Å²) >= 11 is 0. The molecule has 0 amide bonds. The average Bonchev–Trinajstić information content (AvgIpc) is 2.58. The number of rotatable bonds is 2. The van der Waals surface area contributed by atoms with Crippen LogP contribution in [0.25, 0.3) is 32.3 Å². The van der Waals surface area contributed by atoms with Crippen LogP contribution >= 0.6 is 0 Å². The molecule has 0 unspecified atom stereocenters. The summed E-state index contributed by atoms with van der Waals surface area (Å²) in [7, 11) is 0. The minimum atomic E-state index is -0.258. The van der Waals surface area contributed by atoms with Gasteiger partial charge in [0.1, 0.15) is 6.61 Å². The van der Waals surface area contributed by atoms with Gasteiger partial charge in [-0.25, -0.2) is 0 Å². The fourth-order valence-electron chi connectivity index (χ4n) is 3.24. The van der Waals surface area contributed by atoms with E-state index in [9.17, 15) is 4.79 Å². The summed E-state index contributed by atoms with van der Waals surface area (Å²) in [4.78, 5) is 11.3. The van der Waals surface area contributed by atoms with Crippen LogP contribution in [0.1, 0.15) is 12.5 Å². The van der Waals surface area contributed by atoms with Gasteiger partial charge in [-0.3, -0.25) is 4.79 Å². The van der Waals surface area contributed by atoms with Gasteiger partial charge in [0, 0.05) is 12.5 Å². The molecular weight excluding hydrogens is 284 g/mol. The molecule has 2 nitrogen and oxygen atoms in total. The van der Waals surface area contributed by atoms with E-state index in [1.807, 2.05) is 12.1 Å². The molecule has 4 rings (SSSR count). The summed E-state index contributed by atoms with van der Waals surface area (Å²) in [6, 6.07) is 23.1. The summed E-state index contributed by atoms with van der Waals surface area (Å²) in [5.74, 6) is -0.258. The van der Waals surface area contributed by atoms with E-state index in [1.54, 1.807) is 0 Å². The Morgan fingerprint density at radius 2 is 1.48 bits per heavy atom. The smallest absolute Gasteiger partial charge is 0.302 e. The third kappa shape index (κ3) is 2.33. The normalized spacial score (nSPS) is 11.2. The van der Waals surface area contributed by atoms with Crippen molar-refractivity contribution in [2.45, 2.75) is 13.5 Å². The maximum Gasteiger partial charge on any atom is 0.302 e. The molecule has 0 saturated heterocycles. The third-order valence-electron chi connectivity index (χ3n) is 4.30. The van der Waals surface area contributed by atoms with Gasteiger partial charge in [0.15, 0.2) is 0 Å². The second kappa shape index (κ2) is 5.40. The van der Waals surface area contributed by atoms with Crippen molar-refractivity contribution >= 4 is 38.3 Å². The fraction of sp³-hybridized carbons (Fsp3) is 0.0952. The Morgan fingerprint density at radius 3 is 2.26 bits per heavy atom. The molecule has 4 aromatic rings. The van der Waals surface area contributed by atoms with Crippen LogP contribution < -0.4 is 0 Å². The molecule has 0 aromatic heterocycles. The molecule has 23 heavy (non-hydrogen) atoms. The standard InChI is InChI=1S/C21H16O2/c1-14(22)23-13-21-18-9-5-3-7-16(18)12-20-17-8-4-2-6-15(17)10-11-19(20)21/h2-12H,13H2,1H3. The Labute approximate surface area is 134 Å². The Bertz CT molecular complexity index is 1050. The summed E-state index contributed by atoms with van der Waals surface area (Å²) in [6.45, 7) is 1.74. The van der Waals surface area contributed by atoms with Gasteiger partial charge in [-0.05, 0) is 38.4 Å². The number of carbonyl (C=O) groups excluding carboxylic acids is 1. The first-order chi connectivity index (χ1) is 11.2. The highest BCUT2D eigenvalue weighted by molar-refractivity contribution is 6.14. The predicted octanol–water partition coefficient (Wildman–Crippen LogP) is 5.21. The lowest BCUT2D eigenvalue weighted by Crippen LogP contribution is -2.00. The molecule has 0 atom stereocenters. The predicted molar refractivity (Wildman–Crippen MR) is 94.4 cm³/mol. The first-order valence-electron chi connectivity index (χ1n) is 7.69. The van der Waals surface area contributed by atoms with Crippen LogP contribution in [-0.4, -0.2) is 5.97 Å². The number of esters is 1. The lowest BCUT2D eigenvalue weighted by Gasteiger charge is -2.13. The van der Waals surface area contributed by atoms with Crippen LogP contribution in [0.5, 0.6) is 0 Å². The first-order valence-corrected chi connectivity index (χ1v) is 7.69. The van der Waals surface area contributed by atoms with Crippen molar-refractivity contribution in [1.82, 2.24) is 0 Å². The Morgan fingerprint density at radius 1 is 0.783 bits per heavy atom. The summed E-state index contributed by atoms with van der Waals surface area (Å²) in [5, 5.41) is 7.08. The number of hydrogen-bond acceptors (Lipinski definition) is 2. The van der Waals surface area contributed by atoms with Gasteiger partial charge in [0.2, 0.25) is 0 Å². The van der Waals surface area contributed by atoms with Gasteiger partial charge < -0.3 is 4.74 Å². The minimum Gasteiger partial charge on any atom is -0.461 e. The van der Waals surface area contributed by atoms with Crippen molar-refractivity contribution in [3.63, 3.8) is 0 Å². The Balaban J connectivity index is 2.12. The molecule has 0 saturated carbocycles. The van der Waals surface area contributed by atoms with Gasteiger partial charge in [-0.2, -0.15) is 0 Å². The summed E-state index contributed by atoms with van der Waals surface area (Å²) in [6.07, 6.45) is 0. The number of fused-ring (bicyclic) bond motifs is 4. The van der Waals surface area contributed by atoms with E-state index in [0.717, 1.165) is 16.3 Å². The van der Waals surface area contributed by atoms with E-state index in [-0.39, 0.29) is 5.97 Å². The van der Waals surface area contributed by atoms with E-state index in [0.29, 0.717) is 6.61 Å². The minimum absolute atomic E-state index is 0.258. The zero-order valence-corrected chi connectivity index (χ0v) is 12.9. The molecule has 4 aromatic carbocycles. The molecule has 0 heterocycles. The molecule has 0 bridgehead atoms. The van der Waals surface area contributed by atoms with Crippen LogP contribution in [-0.2, 0) is 16.1 Å². The van der Waals surface area contributed by atoms with Gasteiger partial charge in [0.05, 0.1) is 0 Å². The van der Waals surface area contributed by atoms with Crippen LogP contribution in [0.4, 0.5) is 0 Å². The molecule has 0 radical (unpaired) electrons. The number of hydrogen-bond donors (Lipinski definition) is 0. The van der Waals surface area contributed by atoms with E-state index in [1.165, 1.54) is 28.5 Å². The van der Waals surface area contributed by atoms with Gasteiger partial charge in [-0.1, -0.05) is 60.7 Å². The zero-order chi connectivity index (χ0) is 15.8. The van der Waals surface area contributed by atoms with Crippen molar-refractivity contribution in [3.05, 3.63) is 72.3 Å². The molecule has 0 N–H and O–H groups in total. The molecule has 0 fully saturated rings. The monoisotopic (exact) mass is 300 g/mol. The molecule has 112 valence electrons. The SMILES string of the molecule is CC(=O)OCc1c2ccccc2cc2c1ccc1ccccc12. The van der Waals surface area contributed by atoms with Crippen LogP contribution in [0.3, 0.4) is 0 Å². The van der Waals surface area contributed by atoms with E-state index in [4.69, 9.17) is 4.74 Å². The first kappa shape index (κ1) is 13.8. The Hall–Kier alpha value is -2.87. The van der Waals surface area contributed by atoms with Crippen molar-refractivity contribution in [1.29, 1.82) is 0 Å². The number of benzene rings is 4. The number of ether oxygens (including phenoxy) is 1.